The Labute approximate surface area is 149 Å². The van der Waals surface area contributed by atoms with Crippen molar-refractivity contribution in [3.8, 4) is 17.3 Å². The van der Waals surface area contributed by atoms with Crippen molar-refractivity contribution >= 4 is 5.91 Å². The van der Waals surface area contributed by atoms with Gasteiger partial charge in [0.1, 0.15) is 0 Å². The molecule has 2 aliphatic carbocycles. The molecule has 0 spiro atoms. The maximum absolute atomic E-state index is 12.3. The fourth-order valence-corrected chi connectivity index (χ4v) is 2.88. The van der Waals surface area contributed by atoms with Crippen LogP contribution in [-0.2, 0) is 0 Å². The molecule has 3 aromatic rings. The van der Waals surface area contributed by atoms with Crippen LogP contribution < -0.4 is 5.32 Å². The van der Waals surface area contributed by atoms with Gasteiger partial charge in [-0.3, -0.25) is 4.79 Å². The summed E-state index contributed by atoms with van der Waals surface area (Å²) in [6.07, 6.45) is 7.61. The van der Waals surface area contributed by atoms with Crippen molar-refractivity contribution in [3.63, 3.8) is 0 Å². The van der Waals surface area contributed by atoms with Crippen molar-refractivity contribution in [1.29, 1.82) is 0 Å². The molecule has 3 heterocycles. The zero-order chi connectivity index (χ0) is 17.7. The van der Waals surface area contributed by atoms with Crippen LogP contribution >= 0.6 is 0 Å². The van der Waals surface area contributed by atoms with Gasteiger partial charge in [-0.05, 0) is 44.7 Å². The molecular formula is C18H18N6O2. The minimum Gasteiger partial charge on any atom is -0.349 e. The average Bonchev–Trinajstić information content (AvgIpc) is 3.57. The Morgan fingerprint density at radius 3 is 2.92 bits per heavy atom. The van der Waals surface area contributed by atoms with E-state index in [-0.39, 0.29) is 5.91 Å². The molecule has 3 aromatic heterocycles. The van der Waals surface area contributed by atoms with Gasteiger partial charge in [-0.15, -0.1) is 0 Å². The molecule has 8 heteroatoms. The predicted molar refractivity (Wildman–Crippen MR) is 91.9 cm³/mol. The minimum absolute atomic E-state index is 0.0848. The molecule has 0 bridgehead atoms. The standard InChI is InChI=1S/C18H18N6O2/c1-10-14(17(25)21-13-4-5-13)9-20-24(10)15-8-12(6-7-19-15)18-22-16(23-26-18)11-2-3-11/h6-9,11,13H,2-5H2,1H3,(H,21,25). The van der Waals surface area contributed by atoms with Gasteiger partial charge in [0.2, 0.25) is 0 Å². The van der Waals surface area contributed by atoms with Crippen molar-refractivity contribution < 1.29 is 9.32 Å². The molecule has 0 radical (unpaired) electrons. The van der Waals surface area contributed by atoms with Crippen LogP contribution in [0.3, 0.4) is 0 Å². The second-order valence-corrected chi connectivity index (χ2v) is 6.94. The van der Waals surface area contributed by atoms with Crippen molar-refractivity contribution in [3.05, 3.63) is 41.6 Å². The monoisotopic (exact) mass is 350 g/mol. The fourth-order valence-electron chi connectivity index (χ4n) is 2.88. The highest BCUT2D eigenvalue weighted by atomic mass is 16.5. The van der Waals surface area contributed by atoms with E-state index in [0.717, 1.165) is 42.8 Å². The number of carbonyl (C=O) groups is 1. The molecule has 132 valence electrons. The predicted octanol–water partition coefficient (Wildman–Crippen LogP) is 2.40. The third-order valence-electron chi connectivity index (χ3n) is 4.76. The lowest BCUT2D eigenvalue weighted by Gasteiger charge is -2.06. The summed E-state index contributed by atoms with van der Waals surface area (Å²) >= 11 is 0. The maximum atomic E-state index is 12.3. The fraction of sp³-hybridized carbons (Fsp3) is 0.389. The van der Waals surface area contributed by atoms with E-state index in [4.69, 9.17) is 4.52 Å². The van der Waals surface area contributed by atoms with E-state index < -0.39 is 0 Å². The second kappa shape index (κ2) is 5.76. The van der Waals surface area contributed by atoms with Gasteiger partial charge in [-0.25, -0.2) is 9.67 Å². The third kappa shape index (κ3) is 2.77. The van der Waals surface area contributed by atoms with Crippen molar-refractivity contribution in [2.45, 2.75) is 44.6 Å². The van der Waals surface area contributed by atoms with Crippen LogP contribution in [0.2, 0.25) is 0 Å². The molecule has 0 unspecified atom stereocenters. The molecule has 5 rings (SSSR count). The molecule has 0 saturated heterocycles. The van der Waals surface area contributed by atoms with Gasteiger partial charge >= 0.3 is 0 Å². The number of amides is 1. The number of nitrogens with zero attached hydrogens (tertiary/aromatic N) is 5. The molecule has 1 amide bonds. The molecule has 2 saturated carbocycles. The summed E-state index contributed by atoms with van der Waals surface area (Å²) in [4.78, 5) is 21.2. The molecule has 26 heavy (non-hydrogen) atoms. The summed E-state index contributed by atoms with van der Waals surface area (Å²) in [7, 11) is 0. The summed E-state index contributed by atoms with van der Waals surface area (Å²) in [6, 6.07) is 3.98. The van der Waals surface area contributed by atoms with Crippen LogP contribution in [-0.4, -0.2) is 36.9 Å². The SMILES string of the molecule is Cc1c(C(=O)NC2CC2)cnn1-c1cc(-c2nc(C3CC3)no2)ccn1. The Morgan fingerprint density at radius 2 is 2.15 bits per heavy atom. The van der Waals surface area contributed by atoms with Crippen LogP contribution in [0.5, 0.6) is 0 Å². The molecular weight excluding hydrogens is 332 g/mol. The van der Waals surface area contributed by atoms with E-state index in [0.29, 0.717) is 29.2 Å². The first kappa shape index (κ1) is 15.2. The largest absolute Gasteiger partial charge is 0.349 e. The Bertz CT molecular complexity index is 983. The summed E-state index contributed by atoms with van der Waals surface area (Å²) in [5.74, 6) is 2.21. The van der Waals surface area contributed by atoms with Gasteiger partial charge in [-0.1, -0.05) is 5.16 Å². The molecule has 2 aliphatic rings. The number of carbonyl (C=O) groups excluding carboxylic acids is 1. The lowest BCUT2D eigenvalue weighted by atomic mass is 10.2. The molecule has 0 aromatic carbocycles. The van der Waals surface area contributed by atoms with E-state index in [1.165, 1.54) is 0 Å². The lowest BCUT2D eigenvalue weighted by Crippen LogP contribution is -2.25. The highest BCUT2D eigenvalue weighted by Gasteiger charge is 2.29. The van der Waals surface area contributed by atoms with E-state index in [1.54, 1.807) is 17.1 Å². The number of hydrogen-bond acceptors (Lipinski definition) is 6. The number of pyridine rings is 1. The summed E-state index contributed by atoms with van der Waals surface area (Å²) < 4.78 is 7.04. The quantitative estimate of drug-likeness (QED) is 0.758. The third-order valence-corrected chi connectivity index (χ3v) is 4.76. The highest BCUT2D eigenvalue weighted by molar-refractivity contribution is 5.95. The summed E-state index contributed by atoms with van der Waals surface area (Å²) in [5.41, 5.74) is 2.10. The van der Waals surface area contributed by atoms with Crippen molar-refractivity contribution in [1.82, 2.24) is 30.2 Å². The van der Waals surface area contributed by atoms with Gasteiger partial charge in [0.15, 0.2) is 11.6 Å². The normalized spacial score (nSPS) is 16.7. The lowest BCUT2D eigenvalue weighted by molar-refractivity contribution is 0.0950. The Kier molecular flexibility index (Phi) is 3.37. The zero-order valence-corrected chi connectivity index (χ0v) is 14.3. The smallest absolute Gasteiger partial charge is 0.258 e. The van der Waals surface area contributed by atoms with E-state index in [1.807, 2.05) is 19.1 Å². The summed E-state index contributed by atoms with van der Waals surface area (Å²) in [6.45, 7) is 1.86. The Morgan fingerprint density at radius 1 is 1.31 bits per heavy atom. The molecule has 2 fully saturated rings. The van der Waals surface area contributed by atoms with E-state index in [9.17, 15) is 4.79 Å². The molecule has 0 aliphatic heterocycles. The van der Waals surface area contributed by atoms with E-state index >= 15 is 0 Å². The number of hydrogen-bond donors (Lipinski definition) is 1. The van der Waals surface area contributed by atoms with Crippen LogP contribution in [0.1, 0.15) is 53.5 Å². The number of aromatic nitrogens is 5. The number of nitrogens with one attached hydrogen (secondary N) is 1. The van der Waals surface area contributed by atoms with Crippen molar-refractivity contribution in [2.24, 2.45) is 0 Å². The molecule has 1 N–H and O–H groups in total. The first-order chi connectivity index (χ1) is 12.7. The van der Waals surface area contributed by atoms with Gasteiger partial charge in [0.25, 0.3) is 11.8 Å². The highest BCUT2D eigenvalue weighted by Crippen LogP contribution is 2.38. The van der Waals surface area contributed by atoms with Gasteiger partial charge < -0.3 is 9.84 Å². The van der Waals surface area contributed by atoms with Crippen molar-refractivity contribution in [2.75, 3.05) is 0 Å². The zero-order valence-electron chi connectivity index (χ0n) is 14.3. The minimum atomic E-state index is -0.0848. The second-order valence-electron chi connectivity index (χ2n) is 6.94. The van der Waals surface area contributed by atoms with Crippen LogP contribution in [0.4, 0.5) is 0 Å². The van der Waals surface area contributed by atoms with Crippen LogP contribution in [0.15, 0.2) is 29.0 Å². The average molecular weight is 350 g/mol. The molecule has 0 atom stereocenters. The molecule has 8 nitrogen and oxygen atoms in total. The maximum Gasteiger partial charge on any atom is 0.258 e. The Hall–Kier alpha value is -3.03. The van der Waals surface area contributed by atoms with Gasteiger partial charge in [0.05, 0.1) is 17.5 Å². The topological polar surface area (TPSA) is 98.7 Å². The van der Waals surface area contributed by atoms with E-state index in [2.05, 4.69) is 25.5 Å². The van der Waals surface area contributed by atoms with Gasteiger partial charge in [0, 0.05) is 23.7 Å². The van der Waals surface area contributed by atoms with Crippen LogP contribution in [0, 0.1) is 6.92 Å². The van der Waals surface area contributed by atoms with Crippen LogP contribution in [0.25, 0.3) is 17.3 Å². The van der Waals surface area contributed by atoms with Gasteiger partial charge in [-0.2, -0.15) is 10.1 Å². The first-order valence-corrected chi connectivity index (χ1v) is 8.85. The number of rotatable bonds is 5. The Balaban J connectivity index is 1.44. The first-order valence-electron chi connectivity index (χ1n) is 8.85. The summed E-state index contributed by atoms with van der Waals surface area (Å²) in [5, 5.41) is 11.4.